The molecule has 2 amide bonds. The number of benzene rings is 2. The van der Waals surface area contributed by atoms with Crippen molar-refractivity contribution in [3.63, 3.8) is 0 Å². The van der Waals surface area contributed by atoms with Gasteiger partial charge in [0, 0.05) is 99.9 Å². The van der Waals surface area contributed by atoms with Crippen LogP contribution in [0, 0.1) is 0 Å². The maximum absolute atomic E-state index is 13.5. The summed E-state index contributed by atoms with van der Waals surface area (Å²) >= 11 is 13.9. The first-order valence-electron chi connectivity index (χ1n) is 15.9. The molecule has 4 heterocycles. The van der Waals surface area contributed by atoms with E-state index in [4.69, 9.17) is 37.7 Å². The van der Waals surface area contributed by atoms with E-state index in [9.17, 15) is 9.59 Å². The number of nitrogens with zero attached hydrogens (tertiary/aromatic N) is 4. The summed E-state index contributed by atoms with van der Waals surface area (Å²) in [4.78, 5) is 36.5. The predicted molar refractivity (Wildman–Crippen MR) is 187 cm³/mol. The molecule has 252 valence electrons. The molecular weight excluding hydrogens is 653 g/mol. The first kappa shape index (κ1) is 33.9. The molecule has 2 aliphatic heterocycles. The fraction of sp³-hybridized carbons (Fsp3) is 0.371. The summed E-state index contributed by atoms with van der Waals surface area (Å²) in [5.74, 6) is 0.782. The standard InChI is InChI=1S/C35H39Cl2N7O4/c1-43-28-12-14-44(15-16-47-2)20-27(28)41-34(43)35(46)42-26-6-4-5-24(31(26)36)25-11-13-39-33(32(25)37)21-7-8-22(29(17-21)48-3)18-38-19-23-9-10-30(45)40-23/h4-8,11,13,17,23,38H,9-10,12,14-16,18-20H2,1-3H3,(H,40,45)(H,42,46). The fourth-order valence-corrected chi connectivity index (χ4v) is 6.91. The number of halogens is 2. The molecule has 4 aromatic rings. The molecule has 0 aliphatic carbocycles. The number of rotatable bonds is 12. The van der Waals surface area contributed by atoms with Gasteiger partial charge >= 0.3 is 0 Å². The summed E-state index contributed by atoms with van der Waals surface area (Å²) in [7, 11) is 5.19. The molecule has 3 N–H and O–H groups in total. The van der Waals surface area contributed by atoms with Crippen molar-refractivity contribution in [1.29, 1.82) is 0 Å². The Hall–Kier alpha value is -4.00. The minimum Gasteiger partial charge on any atom is -0.496 e. The maximum atomic E-state index is 13.5. The third-order valence-electron chi connectivity index (χ3n) is 8.93. The molecule has 2 aliphatic rings. The van der Waals surface area contributed by atoms with Gasteiger partial charge in [0.2, 0.25) is 5.91 Å². The summed E-state index contributed by atoms with van der Waals surface area (Å²) in [6, 6.07) is 13.2. The number of nitrogens with one attached hydrogen (secondary N) is 3. The Morgan fingerprint density at radius 1 is 1.10 bits per heavy atom. The Bertz CT molecular complexity index is 1830. The Morgan fingerprint density at radius 3 is 2.71 bits per heavy atom. The van der Waals surface area contributed by atoms with Gasteiger partial charge in [-0.15, -0.1) is 0 Å². The molecule has 6 rings (SSSR count). The molecule has 0 radical (unpaired) electrons. The van der Waals surface area contributed by atoms with Crippen LogP contribution < -0.4 is 20.7 Å². The van der Waals surface area contributed by atoms with Crippen LogP contribution in [-0.2, 0) is 36.1 Å². The van der Waals surface area contributed by atoms with Gasteiger partial charge in [-0.25, -0.2) is 4.98 Å². The zero-order valence-electron chi connectivity index (χ0n) is 27.2. The molecule has 2 aromatic carbocycles. The summed E-state index contributed by atoms with van der Waals surface area (Å²) < 4.78 is 12.8. The predicted octanol–water partition coefficient (Wildman–Crippen LogP) is 5.09. The first-order chi connectivity index (χ1) is 23.3. The normalized spacial score (nSPS) is 16.1. The number of carbonyl (C=O) groups excluding carboxylic acids is 2. The average molecular weight is 693 g/mol. The SMILES string of the molecule is COCCN1CCc2c(nc(C(=O)Nc3cccc(-c4ccnc(-c5ccc(CNCC6CCC(=O)N6)c(OC)c5)c4Cl)c3Cl)n2C)C1. The van der Waals surface area contributed by atoms with Crippen molar-refractivity contribution in [2.75, 3.05) is 45.8 Å². The number of fused-ring (bicyclic) bond motifs is 1. The summed E-state index contributed by atoms with van der Waals surface area (Å²) in [5.41, 5.74) is 6.08. The third kappa shape index (κ3) is 7.20. The van der Waals surface area contributed by atoms with Gasteiger partial charge in [0.05, 0.1) is 40.8 Å². The van der Waals surface area contributed by atoms with Crippen LogP contribution in [0.3, 0.4) is 0 Å². The van der Waals surface area contributed by atoms with Gasteiger partial charge in [0.25, 0.3) is 5.91 Å². The number of aromatic nitrogens is 3. The van der Waals surface area contributed by atoms with E-state index < -0.39 is 0 Å². The highest BCUT2D eigenvalue weighted by Crippen LogP contribution is 2.41. The van der Waals surface area contributed by atoms with Gasteiger partial charge in [-0.3, -0.25) is 19.5 Å². The van der Waals surface area contributed by atoms with Gasteiger partial charge < -0.3 is 30.0 Å². The van der Waals surface area contributed by atoms with E-state index >= 15 is 0 Å². The van der Waals surface area contributed by atoms with Crippen LogP contribution in [0.4, 0.5) is 5.69 Å². The number of methoxy groups -OCH3 is 2. The first-order valence-corrected chi connectivity index (χ1v) is 16.7. The number of hydrogen-bond donors (Lipinski definition) is 3. The van der Waals surface area contributed by atoms with Crippen molar-refractivity contribution in [1.82, 2.24) is 30.1 Å². The average Bonchev–Trinajstić information content (AvgIpc) is 3.66. The largest absolute Gasteiger partial charge is 0.496 e. The van der Waals surface area contributed by atoms with Crippen LogP contribution in [0.5, 0.6) is 5.75 Å². The van der Waals surface area contributed by atoms with Crippen molar-refractivity contribution >= 4 is 40.7 Å². The third-order valence-corrected chi connectivity index (χ3v) is 9.72. The van der Waals surface area contributed by atoms with E-state index in [1.54, 1.807) is 32.5 Å². The Labute approximate surface area is 289 Å². The second-order valence-electron chi connectivity index (χ2n) is 12.0. The van der Waals surface area contributed by atoms with Gasteiger partial charge in [-0.2, -0.15) is 0 Å². The van der Waals surface area contributed by atoms with Gasteiger partial charge in [0.15, 0.2) is 5.82 Å². The molecule has 0 saturated carbocycles. The van der Waals surface area contributed by atoms with E-state index in [0.717, 1.165) is 48.4 Å². The topological polar surface area (TPSA) is 123 Å². The number of ether oxygens (including phenoxy) is 2. The number of anilines is 1. The zero-order valence-corrected chi connectivity index (χ0v) is 28.7. The lowest BCUT2D eigenvalue weighted by Gasteiger charge is -2.26. The fourth-order valence-electron chi connectivity index (χ4n) is 6.31. The van der Waals surface area contributed by atoms with E-state index in [1.165, 1.54) is 0 Å². The number of imidazole rings is 1. The number of pyridine rings is 1. The quantitative estimate of drug-likeness (QED) is 0.188. The molecule has 1 fully saturated rings. The van der Waals surface area contributed by atoms with Crippen molar-refractivity contribution < 1.29 is 19.1 Å². The second-order valence-corrected chi connectivity index (χ2v) is 12.8. The second kappa shape index (κ2) is 15.0. The van der Waals surface area contributed by atoms with Crippen molar-refractivity contribution in [2.45, 2.75) is 38.4 Å². The minimum atomic E-state index is -0.342. The summed E-state index contributed by atoms with van der Waals surface area (Å²) in [6.45, 7) is 4.29. The van der Waals surface area contributed by atoms with E-state index in [0.29, 0.717) is 76.8 Å². The van der Waals surface area contributed by atoms with Gasteiger partial charge in [-0.05, 0) is 24.6 Å². The lowest BCUT2D eigenvalue weighted by molar-refractivity contribution is -0.119. The number of amides is 2. The van der Waals surface area contributed by atoms with E-state index in [-0.39, 0.29) is 17.9 Å². The molecule has 11 nitrogen and oxygen atoms in total. The van der Waals surface area contributed by atoms with Crippen molar-refractivity contribution in [2.24, 2.45) is 7.05 Å². The van der Waals surface area contributed by atoms with Crippen LogP contribution in [0.1, 0.15) is 40.4 Å². The molecule has 48 heavy (non-hydrogen) atoms. The molecular formula is C35H39Cl2N7O4. The van der Waals surface area contributed by atoms with Crippen LogP contribution in [-0.4, -0.2) is 77.8 Å². The molecule has 1 unspecified atom stereocenters. The van der Waals surface area contributed by atoms with E-state index in [1.807, 2.05) is 41.9 Å². The van der Waals surface area contributed by atoms with Crippen LogP contribution >= 0.6 is 23.2 Å². The Morgan fingerprint density at radius 2 is 1.94 bits per heavy atom. The smallest absolute Gasteiger partial charge is 0.291 e. The molecule has 0 spiro atoms. The zero-order chi connectivity index (χ0) is 33.8. The lowest BCUT2D eigenvalue weighted by Crippen LogP contribution is -2.35. The van der Waals surface area contributed by atoms with Gasteiger partial charge in [0.1, 0.15) is 5.75 Å². The highest BCUT2D eigenvalue weighted by molar-refractivity contribution is 6.39. The van der Waals surface area contributed by atoms with Crippen LogP contribution in [0.25, 0.3) is 22.4 Å². The maximum Gasteiger partial charge on any atom is 0.291 e. The molecule has 1 saturated heterocycles. The van der Waals surface area contributed by atoms with Crippen LogP contribution in [0.15, 0.2) is 48.7 Å². The van der Waals surface area contributed by atoms with E-state index in [2.05, 4.69) is 25.8 Å². The molecule has 13 heteroatoms. The highest BCUT2D eigenvalue weighted by Gasteiger charge is 2.26. The molecule has 1 atom stereocenters. The minimum absolute atomic E-state index is 0.0988. The van der Waals surface area contributed by atoms with Crippen molar-refractivity contribution in [3.8, 4) is 28.1 Å². The number of carbonyl (C=O) groups is 2. The number of hydrogen-bond acceptors (Lipinski definition) is 8. The summed E-state index contributed by atoms with van der Waals surface area (Å²) in [6.07, 6.45) is 3.90. The van der Waals surface area contributed by atoms with Crippen LogP contribution in [0.2, 0.25) is 10.0 Å². The molecule has 2 aromatic heterocycles. The highest BCUT2D eigenvalue weighted by atomic mass is 35.5. The molecule has 0 bridgehead atoms. The van der Waals surface area contributed by atoms with Gasteiger partial charge in [-0.1, -0.05) is 47.5 Å². The van der Waals surface area contributed by atoms with Crippen molar-refractivity contribution in [3.05, 3.63) is 81.5 Å². The summed E-state index contributed by atoms with van der Waals surface area (Å²) in [5, 5.41) is 10.1. The lowest BCUT2D eigenvalue weighted by atomic mass is 10.0. The monoisotopic (exact) mass is 691 g/mol. The Kier molecular flexibility index (Phi) is 10.6. The Balaban J connectivity index is 1.19.